The molecule has 0 radical (unpaired) electrons. The van der Waals surface area contributed by atoms with Crippen LogP contribution < -0.4 is 4.57 Å². The first-order chi connectivity index (χ1) is 5.25. The molecule has 0 saturated carbocycles. The lowest BCUT2D eigenvalue weighted by atomic mass is 10.5. The lowest BCUT2D eigenvalue weighted by molar-refractivity contribution is -0.677. The first-order valence-electron chi connectivity index (χ1n) is 3.83. The molecule has 0 aliphatic heterocycles. The Hall–Kier alpha value is -0.310. The Morgan fingerprint density at radius 1 is 1.64 bits per heavy atom. The molecular formula is C8H14BrN2+. The number of halogens is 1. The monoisotopic (exact) mass is 217 g/mol. The van der Waals surface area contributed by atoms with Crippen molar-refractivity contribution in [2.24, 2.45) is 7.05 Å². The normalized spacial score (nSPS) is 10.5. The highest BCUT2D eigenvalue weighted by Crippen LogP contribution is 1.96. The van der Waals surface area contributed by atoms with Crippen LogP contribution >= 0.6 is 15.9 Å². The third-order valence-corrected chi connectivity index (χ3v) is 2.49. The van der Waals surface area contributed by atoms with E-state index in [1.165, 1.54) is 12.2 Å². The summed E-state index contributed by atoms with van der Waals surface area (Å²) in [6.07, 6.45) is 5.40. The van der Waals surface area contributed by atoms with Gasteiger partial charge in [0.2, 0.25) is 0 Å². The Kier molecular flexibility index (Phi) is 3.12. The molecule has 0 bridgehead atoms. The van der Waals surface area contributed by atoms with Crippen LogP contribution in [0.1, 0.15) is 12.2 Å². The molecule has 2 nitrogen and oxygen atoms in total. The molecule has 1 aromatic heterocycles. The topological polar surface area (TPSA) is 8.81 Å². The number of aryl methyl sites for hydroxylation is 2. The third-order valence-electron chi connectivity index (χ3n) is 1.93. The molecule has 62 valence electrons. The summed E-state index contributed by atoms with van der Waals surface area (Å²) in [7, 11) is 2.07. The average Bonchev–Trinajstić information content (AvgIpc) is 2.31. The summed E-state index contributed by atoms with van der Waals surface area (Å²) < 4.78 is 4.40. The Bertz CT molecular complexity index is 230. The van der Waals surface area contributed by atoms with Crippen LogP contribution in [0.4, 0.5) is 0 Å². The van der Waals surface area contributed by atoms with Gasteiger partial charge in [-0.1, -0.05) is 15.9 Å². The van der Waals surface area contributed by atoms with Crippen molar-refractivity contribution < 1.29 is 4.57 Å². The van der Waals surface area contributed by atoms with Gasteiger partial charge >= 0.3 is 0 Å². The van der Waals surface area contributed by atoms with Crippen LogP contribution in [0.2, 0.25) is 0 Å². The second-order valence-corrected chi connectivity index (χ2v) is 3.49. The molecule has 0 aliphatic rings. The van der Waals surface area contributed by atoms with Gasteiger partial charge < -0.3 is 0 Å². The lowest BCUT2D eigenvalue weighted by Crippen LogP contribution is -2.29. The van der Waals surface area contributed by atoms with E-state index < -0.39 is 0 Å². The predicted molar refractivity (Wildman–Crippen MR) is 48.8 cm³/mol. The molecule has 0 atom stereocenters. The summed E-state index contributed by atoms with van der Waals surface area (Å²) in [5.74, 6) is 1.31. The van der Waals surface area contributed by atoms with E-state index in [0.29, 0.717) is 0 Å². The number of aromatic nitrogens is 2. The molecule has 0 aromatic carbocycles. The number of hydrogen-bond donors (Lipinski definition) is 0. The first-order valence-corrected chi connectivity index (χ1v) is 4.95. The largest absolute Gasteiger partial charge is 0.253 e. The van der Waals surface area contributed by atoms with Gasteiger partial charge in [0.05, 0.1) is 13.6 Å². The molecule has 0 N–H and O–H groups in total. The van der Waals surface area contributed by atoms with E-state index in [2.05, 4.69) is 51.4 Å². The third kappa shape index (κ3) is 2.06. The maximum Gasteiger partial charge on any atom is 0.253 e. The molecule has 0 fully saturated rings. The van der Waals surface area contributed by atoms with Crippen LogP contribution in [0, 0.1) is 6.92 Å². The van der Waals surface area contributed by atoms with Gasteiger partial charge in [-0.25, -0.2) is 9.13 Å². The molecule has 0 saturated heterocycles. The highest BCUT2D eigenvalue weighted by atomic mass is 79.9. The fraction of sp³-hybridized carbons (Fsp3) is 0.625. The van der Waals surface area contributed by atoms with Gasteiger partial charge in [0.15, 0.2) is 0 Å². The van der Waals surface area contributed by atoms with Gasteiger partial charge in [-0.3, -0.25) is 0 Å². The molecule has 0 amide bonds. The first kappa shape index (κ1) is 8.78. The summed E-state index contributed by atoms with van der Waals surface area (Å²) in [6, 6.07) is 0. The van der Waals surface area contributed by atoms with Crippen molar-refractivity contribution in [2.75, 3.05) is 5.33 Å². The summed E-state index contributed by atoms with van der Waals surface area (Å²) in [6.45, 7) is 3.24. The van der Waals surface area contributed by atoms with Gasteiger partial charge in [0, 0.05) is 12.3 Å². The molecule has 1 rings (SSSR count). The van der Waals surface area contributed by atoms with Crippen molar-refractivity contribution in [3.63, 3.8) is 0 Å². The number of imidazole rings is 1. The maximum atomic E-state index is 3.42. The number of alkyl halides is 1. The van der Waals surface area contributed by atoms with E-state index in [0.717, 1.165) is 11.9 Å². The Balaban J connectivity index is 2.63. The highest BCUT2D eigenvalue weighted by Gasteiger charge is 2.06. The van der Waals surface area contributed by atoms with Crippen LogP contribution in [-0.4, -0.2) is 9.90 Å². The van der Waals surface area contributed by atoms with E-state index in [-0.39, 0.29) is 0 Å². The van der Waals surface area contributed by atoms with Crippen molar-refractivity contribution in [2.45, 2.75) is 19.9 Å². The van der Waals surface area contributed by atoms with Crippen molar-refractivity contribution in [3.05, 3.63) is 18.2 Å². The van der Waals surface area contributed by atoms with E-state index >= 15 is 0 Å². The molecule has 1 heterocycles. The zero-order valence-electron chi connectivity index (χ0n) is 7.05. The minimum atomic E-state index is 1.08. The maximum absolute atomic E-state index is 3.42. The standard InChI is InChI=1S/C8H14BrN2/c1-8-10(2)6-7-11(8)5-3-4-9/h6-7H,3-5H2,1-2H3/q+1. The van der Waals surface area contributed by atoms with Crippen LogP contribution in [0.3, 0.4) is 0 Å². The van der Waals surface area contributed by atoms with Crippen molar-refractivity contribution in [3.8, 4) is 0 Å². The van der Waals surface area contributed by atoms with E-state index in [1.54, 1.807) is 0 Å². The number of hydrogen-bond acceptors (Lipinski definition) is 0. The van der Waals surface area contributed by atoms with Crippen molar-refractivity contribution in [1.82, 2.24) is 4.57 Å². The molecule has 11 heavy (non-hydrogen) atoms. The van der Waals surface area contributed by atoms with Gasteiger partial charge in [0.25, 0.3) is 5.82 Å². The smallest absolute Gasteiger partial charge is 0.237 e. The Morgan fingerprint density at radius 2 is 2.36 bits per heavy atom. The fourth-order valence-corrected chi connectivity index (χ4v) is 1.32. The second-order valence-electron chi connectivity index (χ2n) is 2.69. The quantitative estimate of drug-likeness (QED) is 0.535. The van der Waals surface area contributed by atoms with Crippen LogP contribution in [0.5, 0.6) is 0 Å². The molecule has 0 aliphatic carbocycles. The highest BCUT2D eigenvalue weighted by molar-refractivity contribution is 9.09. The predicted octanol–water partition coefficient (Wildman–Crippen LogP) is 1.41. The van der Waals surface area contributed by atoms with Gasteiger partial charge in [-0.15, -0.1) is 0 Å². The van der Waals surface area contributed by atoms with E-state index in [1.807, 2.05) is 0 Å². The van der Waals surface area contributed by atoms with Crippen LogP contribution in [-0.2, 0) is 13.6 Å². The van der Waals surface area contributed by atoms with E-state index in [9.17, 15) is 0 Å². The molecule has 0 unspecified atom stereocenters. The van der Waals surface area contributed by atoms with Gasteiger partial charge in [-0.05, 0) is 6.42 Å². The second kappa shape index (κ2) is 3.90. The Morgan fingerprint density at radius 3 is 2.82 bits per heavy atom. The van der Waals surface area contributed by atoms with Gasteiger partial charge in [0.1, 0.15) is 12.4 Å². The minimum absolute atomic E-state index is 1.08. The number of rotatable bonds is 3. The molecule has 3 heteroatoms. The van der Waals surface area contributed by atoms with Crippen LogP contribution in [0.25, 0.3) is 0 Å². The minimum Gasteiger partial charge on any atom is -0.237 e. The molecular weight excluding hydrogens is 204 g/mol. The van der Waals surface area contributed by atoms with Crippen molar-refractivity contribution in [1.29, 1.82) is 0 Å². The van der Waals surface area contributed by atoms with Crippen molar-refractivity contribution >= 4 is 15.9 Å². The molecule has 0 spiro atoms. The average molecular weight is 218 g/mol. The fourth-order valence-electron chi connectivity index (χ4n) is 1.07. The SMILES string of the molecule is Cc1n(CCCBr)cc[n+]1C. The van der Waals surface area contributed by atoms with Gasteiger partial charge in [-0.2, -0.15) is 0 Å². The number of nitrogens with zero attached hydrogens (tertiary/aromatic N) is 2. The summed E-state index contributed by atoms with van der Waals surface area (Å²) in [4.78, 5) is 0. The zero-order valence-corrected chi connectivity index (χ0v) is 8.63. The van der Waals surface area contributed by atoms with E-state index in [4.69, 9.17) is 0 Å². The lowest BCUT2D eigenvalue weighted by Gasteiger charge is -1.95. The summed E-state index contributed by atoms with van der Waals surface area (Å²) in [5.41, 5.74) is 0. The zero-order chi connectivity index (χ0) is 8.27. The molecule has 1 aromatic rings. The van der Waals surface area contributed by atoms with Crippen LogP contribution in [0.15, 0.2) is 12.4 Å². The summed E-state index contributed by atoms with van der Waals surface area (Å²) in [5, 5.41) is 1.08. The Labute approximate surface area is 76.0 Å². The summed E-state index contributed by atoms with van der Waals surface area (Å²) >= 11 is 3.42.